The van der Waals surface area contributed by atoms with Crippen molar-refractivity contribution in [2.24, 2.45) is 0 Å². The number of nitrogens with one attached hydrogen (secondary N) is 2. The highest BCUT2D eigenvalue weighted by molar-refractivity contribution is 6.31. The minimum absolute atomic E-state index is 0.0372. The molecule has 0 radical (unpaired) electrons. The quantitative estimate of drug-likeness (QED) is 0.790. The summed E-state index contributed by atoms with van der Waals surface area (Å²) in [7, 11) is 0. The standard InChI is InChI=1S/C15H22ClN3O2/c1-10(11-7-5-6-8-12(11)16)17-9-13(20)18-14(21)19-15(2,3)4/h5-8,10,17H,9H2,1-4H3,(H2,18,19,20,21)/p+1/t10-/m0/s1. The number of rotatable bonds is 4. The second-order valence-electron chi connectivity index (χ2n) is 6.00. The Kier molecular flexibility index (Phi) is 6.18. The summed E-state index contributed by atoms with van der Waals surface area (Å²) in [6, 6.07) is 7.07. The van der Waals surface area contributed by atoms with Gasteiger partial charge in [0.1, 0.15) is 6.04 Å². The number of carbonyl (C=O) groups excluding carboxylic acids is 2. The van der Waals surface area contributed by atoms with Gasteiger partial charge in [-0.3, -0.25) is 10.1 Å². The normalized spacial score (nSPS) is 12.6. The van der Waals surface area contributed by atoms with Crippen LogP contribution in [-0.2, 0) is 4.79 Å². The zero-order chi connectivity index (χ0) is 16.0. The molecule has 0 saturated heterocycles. The minimum atomic E-state index is -0.480. The molecule has 4 N–H and O–H groups in total. The maximum atomic E-state index is 11.7. The van der Waals surface area contributed by atoms with Crippen LogP contribution in [0.15, 0.2) is 24.3 Å². The monoisotopic (exact) mass is 312 g/mol. The molecule has 0 aliphatic heterocycles. The molecule has 0 unspecified atom stereocenters. The summed E-state index contributed by atoms with van der Waals surface area (Å²) in [5, 5.41) is 7.48. The Morgan fingerprint density at radius 1 is 1.29 bits per heavy atom. The molecule has 0 saturated carbocycles. The molecule has 1 rings (SSSR count). The number of quaternary nitrogens is 1. The van der Waals surface area contributed by atoms with Gasteiger partial charge in [0.05, 0.1) is 0 Å². The van der Waals surface area contributed by atoms with Crippen molar-refractivity contribution in [3.63, 3.8) is 0 Å². The molecule has 116 valence electrons. The topological polar surface area (TPSA) is 74.8 Å². The highest BCUT2D eigenvalue weighted by Crippen LogP contribution is 2.19. The van der Waals surface area contributed by atoms with E-state index in [9.17, 15) is 9.59 Å². The van der Waals surface area contributed by atoms with Crippen LogP contribution in [0.3, 0.4) is 0 Å². The maximum Gasteiger partial charge on any atom is 0.322 e. The van der Waals surface area contributed by atoms with Gasteiger partial charge in [-0.1, -0.05) is 29.8 Å². The molecule has 0 fully saturated rings. The van der Waals surface area contributed by atoms with Gasteiger partial charge in [0, 0.05) is 16.1 Å². The van der Waals surface area contributed by atoms with E-state index < -0.39 is 6.03 Å². The fourth-order valence-corrected chi connectivity index (χ4v) is 2.11. The zero-order valence-corrected chi connectivity index (χ0v) is 13.6. The smallest absolute Gasteiger partial charge is 0.322 e. The molecule has 6 heteroatoms. The summed E-state index contributed by atoms with van der Waals surface area (Å²) in [6.07, 6.45) is 0. The summed E-state index contributed by atoms with van der Waals surface area (Å²) in [5.41, 5.74) is 0.588. The molecule has 3 amide bonds. The van der Waals surface area contributed by atoms with Crippen LogP contribution in [0.25, 0.3) is 0 Å². The van der Waals surface area contributed by atoms with E-state index in [4.69, 9.17) is 11.6 Å². The van der Waals surface area contributed by atoms with Crippen LogP contribution in [0.2, 0.25) is 5.02 Å². The zero-order valence-electron chi connectivity index (χ0n) is 12.9. The van der Waals surface area contributed by atoms with Crippen molar-refractivity contribution in [3.8, 4) is 0 Å². The molecule has 0 aromatic heterocycles. The number of hydrogen-bond acceptors (Lipinski definition) is 2. The van der Waals surface area contributed by atoms with E-state index in [1.807, 2.05) is 57.3 Å². The first-order valence-electron chi connectivity index (χ1n) is 6.89. The van der Waals surface area contributed by atoms with Crippen molar-refractivity contribution < 1.29 is 14.9 Å². The lowest BCUT2D eigenvalue weighted by Gasteiger charge is -2.20. The molecule has 0 spiro atoms. The summed E-state index contributed by atoms with van der Waals surface area (Å²) >= 11 is 6.11. The predicted molar refractivity (Wildman–Crippen MR) is 83.1 cm³/mol. The molecule has 5 nitrogen and oxygen atoms in total. The van der Waals surface area contributed by atoms with Gasteiger partial charge in [0.25, 0.3) is 5.91 Å². The molecule has 0 aliphatic rings. The number of imide groups is 1. The molecule has 1 atom stereocenters. The van der Waals surface area contributed by atoms with Gasteiger partial charge in [-0.2, -0.15) is 0 Å². The lowest BCUT2D eigenvalue weighted by atomic mass is 10.1. The summed E-state index contributed by atoms with van der Waals surface area (Å²) in [5.74, 6) is -0.337. The number of amides is 3. The number of hydrogen-bond donors (Lipinski definition) is 3. The summed E-state index contributed by atoms with van der Waals surface area (Å²) in [6.45, 7) is 7.67. The van der Waals surface area contributed by atoms with E-state index >= 15 is 0 Å². The molecule has 21 heavy (non-hydrogen) atoms. The maximum absolute atomic E-state index is 11.7. The molecule has 1 aromatic rings. The average molecular weight is 313 g/mol. The number of carbonyl (C=O) groups is 2. The Labute approximate surface area is 130 Å². The van der Waals surface area contributed by atoms with Crippen LogP contribution in [0.1, 0.15) is 39.3 Å². The van der Waals surface area contributed by atoms with Crippen molar-refractivity contribution >= 4 is 23.5 Å². The second-order valence-corrected chi connectivity index (χ2v) is 6.41. The van der Waals surface area contributed by atoms with E-state index in [-0.39, 0.29) is 24.0 Å². The van der Waals surface area contributed by atoms with E-state index in [1.54, 1.807) is 0 Å². The Bertz CT molecular complexity index is 512. The molecule has 0 aliphatic carbocycles. The van der Waals surface area contributed by atoms with Crippen molar-refractivity contribution in [2.75, 3.05) is 6.54 Å². The van der Waals surface area contributed by atoms with Crippen LogP contribution in [0.4, 0.5) is 4.79 Å². The average Bonchev–Trinajstić information content (AvgIpc) is 2.34. The van der Waals surface area contributed by atoms with E-state index in [1.165, 1.54) is 0 Å². The molecule has 0 bridgehead atoms. The fourth-order valence-electron chi connectivity index (χ4n) is 1.80. The first-order chi connectivity index (χ1) is 9.69. The highest BCUT2D eigenvalue weighted by atomic mass is 35.5. The van der Waals surface area contributed by atoms with Crippen molar-refractivity contribution in [3.05, 3.63) is 34.9 Å². The molecule has 1 aromatic carbocycles. The summed E-state index contributed by atoms with van der Waals surface area (Å²) < 4.78 is 0. The Morgan fingerprint density at radius 2 is 1.90 bits per heavy atom. The third-order valence-electron chi connectivity index (χ3n) is 2.79. The van der Waals surface area contributed by atoms with Gasteiger partial charge in [-0.15, -0.1) is 0 Å². The van der Waals surface area contributed by atoms with E-state index in [0.717, 1.165) is 5.56 Å². The number of halogens is 1. The minimum Gasteiger partial charge on any atom is -0.333 e. The van der Waals surface area contributed by atoms with Gasteiger partial charge in [-0.05, 0) is 33.8 Å². The van der Waals surface area contributed by atoms with E-state index in [0.29, 0.717) is 5.02 Å². The van der Waals surface area contributed by atoms with Gasteiger partial charge in [-0.25, -0.2) is 4.79 Å². The van der Waals surface area contributed by atoms with Gasteiger partial charge < -0.3 is 10.6 Å². The lowest BCUT2D eigenvalue weighted by molar-refractivity contribution is -0.682. The van der Waals surface area contributed by atoms with Crippen molar-refractivity contribution in [2.45, 2.75) is 39.3 Å². The largest absolute Gasteiger partial charge is 0.333 e. The Morgan fingerprint density at radius 3 is 2.48 bits per heavy atom. The van der Waals surface area contributed by atoms with Crippen LogP contribution >= 0.6 is 11.6 Å². The number of benzene rings is 1. The molecule has 0 heterocycles. The van der Waals surface area contributed by atoms with Crippen LogP contribution < -0.4 is 16.0 Å². The first kappa shape index (κ1) is 17.5. The lowest BCUT2D eigenvalue weighted by Crippen LogP contribution is -2.87. The van der Waals surface area contributed by atoms with Crippen LogP contribution in [0, 0.1) is 0 Å². The third-order valence-corrected chi connectivity index (χ3v) is 3.14. The number of urea groups is 1. The Balaban J connectivity index is 2.43. The highest BCUT2D eigenvalue weighted by Gasteiger charge is 2.18. The van der Waals surface area contributed by atoms with Crippen LogP contribution in [-0.4, -0.2) is 24.0 Å². The van der Waals surface area contributed by atoms with Crippen molar-refractivity contribution in [1.29, 1.82) is 0 Å². The first-order valence-corrected chi connectivity index (χ1v) is 7.26. The number of nitrogens with two attached hydrogens (primary N) is 1. The predicted octanol–water partition coefficient (Wildman–Crippen LogP) is 1.59. The fraction of sp³-hybridized carbons (Fsp3) is 0.467. The van der Waals surface area contributed by atoms with Gasteiger partial charge in [0.15, 0.2) is 6.54 Å². The summed E-state index contributed by atoms with van der Waals surface area (Å²) in [4.78, 5) is 23.3. The Hall–Kier alpha value is -1.59. The van der Waals surface area contributed by atoms with E-state index in [2.05, 4.69) is 10.6 Å². The SMILES string of the molecule is C[C@H]([NH2+]CC(=O)NC(=O)NC(C)(C)C)c1ccccc1Cl. The molecular weight excluding hydrogens is 290 g/mol. The van der Waals surface area contributed by atoms with Crippen LogP contribution in [0.5, 0.6) is 0 Å². The van der Waals surface area contributed by atoms with Gasteiger partial charge in [0.2, 0.25) is 0 Å². The third kappa shape index (κ3) is 6.60. The molecular formula is C15H23ClN3O2+. The second kappa shape index (κ2) is 7.43. The van der Waals surface area contributed by atoms with Crippen molar-refractivity contribution in [1.82, 2.24) is 10.6 Å². The van der Waals surface area contributed by atoms with Gasteiger partial charge >= 0.3 is 6.03 Å².